The number of carbonyl (C=O) groups excluding carboxylic acids is 1. The Morgan fingerprint density at radius 3 is 2.40 bits per heavy atom. The lowest BCUT2D eigenvalue weighted by atomic mass is 9.87. The zero-order chi connectivity index (χ0) is 11.5. The van der Waals surface area contributed by atoms with Crippen molar-refractivity contribution < 1.29 is 4.79 Å². The molecule has 0 aromatic rings. The van der Waals surface area contributed by atoms with Crippen LogP contribution in [0.2, 0.25) is 0 Å². The maximum Gasteiger partial charge on any atom is 0.237 e. The second-order valence-electron chi connectivity index (χ2n) is 5.74. The predicted molar refractivity (Wildman–Crippen MR) is 62.4 cm³/mol. The fourth-order valence-corrected chi connectivity index (χ4v) is 1.96. The molecule has 0 heterocycles. The normalized spacial score (nSPS) is 20.3. The van der Waals surface area contributed by atoms with Crippen LogP contribution in [0, 0.1) is 11.3 Å². The van der Waals surface area contributed by atoms with Gasteiger partial charge in [0.15, 0.2) is 0 Å². The van der Waals surface area contributed by atoms with Gasteiger partial charge in [0.05, 0.1) is 6.04 Å². The molecule has 3 N–H and O–H groups in total. The first-order chi connectivity index (χ1) is 6.91. The average Bonchev–Trinajstić information content (AvgIpc) is 2.63. The van der Waals surface area contributed by atoms with Gasteiger partial charge in [-0.25, -0.2) is 0 Å². The Morgan fingerprint density at radius 1 is 1.40 bits per heavy atom. The molecule has 0 saturated heterocycles. The molecule has 88 valence electrons. The summed E-state index contributed by atoms with van der Waals surface area (Å²) < 4.78 is 0. The molecular formula is C12H24N2O. The van der Waals surface area contributed by atoms with E-state index in [9.17, 15) is 4.79 Å². The lowest BCUT2D eigenvalue weighted by molar-refractivity contribution is -0.124. The van der Waals surface area contributed by atoms with Crippen molar-refractivity contribution in [1.82, 2.24) is 5.32 Å². The van der Waals surface area contributed by atoms with Crippen LogP contribution in [0.15, 0.2) is 0 Å². The van der Waals surface area contributed by atoms with Crippen LogP contribution in [0.4, 0.5) is 0 Å². The summed E-state index contributed by atoms with van der Waals surface area (Å²) in [7, 11) is 0. The number of amides is 1. The molecule has 0 unspecified atom stereocenters. The molecule has 0 radical (unpaired) electrons. The molecule has 1 amide bonds. The SMILES string of the molecule is CC(C)(C)[C@H](N)C(=O)NCC1CCCC1. The number of hydrogen-bond acceptors (Lipinski definition) is 2. The second-order valence-corrected chi connectivity index (χ2v) is 5.74. The van der Waals surface area contributed by atoms with Gasteiger partial charge in [-0.15, -0.1) is 0 Å². The molecule has 0 bridgehead atoms. The lowest BCUT2D eigenvalue weighted by Gasteiger charge is -2.26. The van der Waals surface area contributed by atoms with Gasteiger partial charge in [0.1, 0.15) is 0 Å². The van der Waals surface area contributed by atoms with Gasteiger partial charge in [-0.2, -0.15) is 0 Å². The van der Waals surface area contributed by atoms with Gasteiger partial charge in [-0.05, 0) is 24.2 Å². The summed E-state index contributed by atoms with van der Waals surface area (Å²) >= 11 is 0. The molecule has 1 saturated carbocycles. The van der Waals surface area contributed by atoms with E-state index in [2.05, 4.69) is 5.32 Å². The highest BCUT2D eigenvalue weighted by Gasteiger charge is 2.27. The van der Waals surface area contributed by atoms with E-state index in [0.717, 1.165) is 6.54 Å². The highest BCUT2D eigenvalue weighted by atomic mass is 16.2. The molecular weight excluding hydrogens is 188 g/mol. The summed E-state index contributed by atoms with van der Waals surface area (Å²) in [6, 6.07) is -0.404. The van der Waals surface area contributed by atoms with Crippen LogP contribution in [0.3, 0.4) is 0 Å². The van der Waals surface area contributed by atoms with E-state index in [1.54, 1.807) is 0 Å². The van der Waals surface area contributed by atoms with Crippen molar-refractivity contribution in [3.05, 3.63) is 0 Å². The van der Waals surface area contributed by atoms with Crippen LogP contribution < -0.4 is 11.1 Å². The standard InChI is InChI=1S/C12H24N2O/c1-12(2,3)10(13)11(15)14-8-9-6-4-5-7-9/h9-10H,4-8,13H2,1-3H3,(H,14,15)/t10-/m1/s1. The van der Waals surface area contributed by atoms with Crippen LogP contribution in [-0.2, 0) is 4.79 Å². The molecule has 0 aromatic carbocycles. The second kappa shape index (κ2) is 4.97. The van der Waals surface area contributed by atoms with Gasteiger partial charge >= 0.3 is 0 Å². The zero-order valence-corrected chi connectivity index (χ0v) is 10.2. The van der Waals surface area contributed by atoms with E-state index in [4.69, 9.17) is 5.73 Å². The maximum atomic E-state index is 11.7. The van der Waals surface area contributed by atoms with Gasteiger partial charge in [0.2, 0.25) is 5.91 Å². The van der Waals surface area contributed by atoms with Crippen molar-refractivity contribution in [2.45, 2.75) is 52.5 Å². The third-order valence-electron chi connectivity index (χ3n) is 3.26. The summed E-state index contributed by atoms with van der Waals surface area (Å²) in [5.41, 5.74) is 5.71. The summed E-state index contributed by atoms with van der Waals surface area (Å²) in [6.45, 7) is 6.79. The van der Waals surface area contributed by atoms with E-state index in [1.165, 1.54) is 25.7 Å². The fourth-order valence-electron chi connectivity index (χ4n) is 1.96. The minimum absolute atomic E-state index is 0.00519. The molecule has 1 atom stereocenters. The minimum atomic E-state index is -0.404. The van der Waals surface area contributed by atoms with Crippen LogP contribution in [0.1, 0.15) is 46.5 Å². The molecule has 1 aliphatic rings. The number of nitrogens with one attached hydrogen (secondary N) is 1. The molecule has 15 heavy (non-hydrogen) atoms. The van der Waals surface area contributed by atoms with Crippen molar-refractivity contribution in [2.24, 2.45) is 17.1 Å². The maximum absolute atomic E-state index is 11.7. The van der Waals surface area contributed by atoms with E-state index in [-0.39, 0.29) is 11.3 Å². The monoisotopic (exact) mass is 212 g/mol. The van der Waals surface area contributed by atoms with E-state index < -0.39 is 6.04 Å². The van der Waals surface area contributed by atoms with Crippen molar-refractivity contribution in [2.75, 3.05) is 6.54 Å². The number of hydrogen-bond donors (Lipinski definition) is 2. The Bertz CT molecular complexity index is 214. The Hall–Kier alpha value is -0.570. The van der Waals surface area contributed by atoms with Crippen LogP contribution in [0.25, 0.3) is 0 Å². The zero-order valence-electron chi connectivity index (χ0n) is 10.2. The molecule has 3 heteroatoms. The van der Waals surface area contributed by atoms with Crippen LogP contribution in [0.5, 0.6) is 0 Å². The molecule has 0 aliphatic heterocycles. The summed E-state index contributed by atoms with van der Waals surface area (Å²) in [5.74, 6) is 0.676. The van der Waals surface area contributed by atoms with E-state index in [1.807, 2.05) is 20.8 Å². The molecule has 1 aliphatic carbocycles. The Balaban J connectivity index is 2.29. The number of carbonyl (C=O) groups is 1. The van der Waals surface area contributed by atoms with Gasteiger partial charge < -0.3 is 11.1 Å². The Morgan fingerprint density at radius 2 is 1.93 bits per heavy atom. The summed E-state index contributed by atoms with van der Waals surface area (Å²) in [4.78, 5) is 11.7. The van der Waals surface area contributed by atoms with Crippen molar-refractivity contribution in [3.63, 3.8) is 0 Å². The third kappa shape index (κ3) is 3.82. The Kier molecular flexibility index (Phi) is 4.14. The molecule has 1 rings (SSSR count). The summed E-state index contributed by atoms with van der Waals surface area (Å²) in [6.07, 6.45) is 5.13. The quantitative estimate of drug-likeness (QED) is 0.747. The fraction of sp³-hybridized carbons (Fsp3) is 0.917. The molecule has 0 aromatic heterocycles. The summed E-state index contributed by atoms with van der Waals surface area (Å²) in [5, 5.41) is 2.97. The topological polar surface area (TPSA) is 55.1 Å². The van der Waals surface area contributed by atoms with Crippen molar-refractivity contribution in [1.29, 1.82) is 0 Å². The van der Waals surface area contributed by atoms with Gasteiger partial charge in [-0.3, -0.25) is 4.79 Å². The van der Waals surface area contributed by atoms with Gasteiger partial charge in [-0.1, -0.05) is 33.6 Å². The van der Waals surface area contributed by atoms with Crippen LogP contribution in [-0.4, -0.2) is 18.5 Å². The van der Waals surface area contributed by atoms with Crippen molar-refractivity contribution in [3.8, 4) is 0 Å². The minimum Gasteiger partial charge on any atom is -0.354 e. The van der Waals surface area contributed by atoms with E-state index in [0.29, 0.717) is 5.92 Å². The highest BCUT2D eigenvalue weighted by molar-refractivity contribution is 5.82. The third-order valence-corrected chi connectivity index (χ3v) is 3.26. The first-order valence-corrected chi connectivity index (χ1v) is 5.94. The molecule has 0 spiro atoms. The molecule has 3 nitrogen and oxygen atoms in total. The lowest BCUT2D eigenvalue weighted by Crippen LogP contribution is -2.49. The highest BCUT2D eigenvalue weighted by Crippen LogP contribution is 2.24. The number of rotatable bonds is 3. The number of nitrogens with two attached hydrogens (primary N) is 1. The van der Waals surface area contributed by atoms with Gasteiger partial charge in [0.25, 0.3) is 0 Å². The van der Waals surface area contributed by atoms with Gasteiger partial charge in [0, 0.05) is 6.54 Å². The first kappa shape index (κ1) is 12.5. The largest absolute Gasteiger partial charge is 0.354 e. The van der Waals surface area contributed by atoms with E-state index >= 15 is 0 Å². The Labute approximate surface area is 92.8 Å². The smallest absolute Gasteiger partial charge is 0.237 e. The van der Waals surface area contributed by atoms with Crippen LogP contribution >= 0.6 is 0 Å². The average molecular weight is 212 g/mol. The predicted octanol–water partition coefficient (Wildman–Crippen LogP) is 1.67. The van der Waals surface area contributed by atoms with Crippen molar-refractivity contribution >= 4 is 5.91 Å². The molecule has 1 fully saturated rings. The first-order valence-electron chi connectivity index (χ1n) is 5.94.